The summed E-state index contributed by atoms with van der Waals surface area (Å²) in [5, 5.41) is 2.96. The quantitative estimate of drug-likeness (QED) is 0.476. The highest BCUT2D eigenvalue weighted by Crippen LogP contribution is 2.28. The molecule has 2 atom stereocenters. The second kappa shape index (κ2) is 11.5. The number of ether oxygens (including phenoxy) is 1. The minimum atomic E-state index is -0.512. The van der Waals surface area contributed by atoms with E-state index < -0.39 is 5.60 Å². The van der Waals surface area contributed by atoms with Crippen molar-refractivity contribution in [3.05, 3.63) is 71.6 Å². The third-order valence-electron chi connectivity index (χ3n) is 6.01. The van der Waals surface area contributed by atoms with E-state index in [0.29, 0.717) is 24.6 Å². The van der Waals surface area contributed by atoms with Gasteiger partial charge in [0.25, 0.3) is 0 Å². The van der Waals surface area contributed by atoms with E-state index in [9.17, 15) is 14.0 Å². The van der Waals surface area contributed by atoms with Crippen LogP contribution in [0.25, 0.3) is 11.1 Å². The number of rotatable bonds is 6. The first kappa shape index (κ1) is 26.5. The van der Waals surface area contributed by atoms with Crippen LogP contribution in [0.2, 0.25) is 0 Å². The average Bonchev–Trinajstić information content (AvgIpc) is 2.77. The summed E-state index contributed by atoms with van der Waals surface area (Å²) in [5.41, 5.74) is 2.67. The Kier molecular flexibility index (Phi) is 8.71. The molecule has 2 aromatic carbocycles. The number of allylic oxidation sites excluding steroid dienone is 1. The van der Waals surface area contributed by atoms with Gasteiger partial charge in [-0.05, 0) is 76.1 Å². The monoisotopic (exact) mass is 480 g/mol. The molecule has 0 saturated carbocycles. The van der Waals surface area contributed by atoms with E-state index in [0.717, 1.165) is 36.0 Å². The van der Waals surface area contributed by atoms with Crippen molar-refractivity contribution in [2.75, 3.05) is 13.1 Å². The highest BCUT2D eigenvalue weighted by atomic mass is 19.1. The molecule has 1 fully saturated rings. The molecular formula is C29H37FN2O3. The molecule has 1 aliphatic heterocycles. The predicted molar refractivity (Wildman–Crippen MR) is 137 cm³/mol. The number of likely N-dealkylation sites (tertiary alicyclic amines) is 1. The first-order chi connectivity index (χ1) is 16.5. The Hall–Kier alpha value is -3.15. The lowest BCUT2D eigenvalue weighted by molar-refractivity contribution is -0.119. The van der Waals surface area contributed by atoms with Crippen LogP contribution in [0.1, 0.15) is 64.1 Å². The number of carbonyl (C=O) groups is 2. The van der Waals surface area contributed by atoms with Gasteiger partial charge in [-0.25, -0.2) is 9.18 Å². The van der Waals surface area contributed by atoms with Crippen molar-refractivity contribution < 1.29 is 18.7 Å². The summed E-state index contributed by atoms with van der Waals surface area (Å²) in [5.74, 6) is -0.134. The maximum atomic E-state index is 14.7. The van der Waals surface area contributed by atoms with Gasteiger partial charge in [-0.2, -0.15) is 0 Å². The number of benzene rings is 2. The molecular weight excluding hydrogens is 443 g/mol. The van der Waals surface area contributed by atoms with E-state index in [1.165, 1.54) is 13.0 Å². The molecule has 1 heterocycles. The number of hydrogen-bond donors (Lipinski definition) is 1. The Labute approximate surface area is 208 Å². The van der Waals surface area contributed by atoms with Crippen LogP contribution in [0, 0.1) is 18.7 Å². The van der Waals surface area contributed by atoms with Crippen LogP contribution in [-0.2, 0) is 9.53 Å². The summed E-state index contributed by atoms with van der Waals surface area (Å²) in [6, 6.07) is 12.3. The molecule has 188 valence electrons. The van der Waals surface area contributed by atoms with Gasteiger partial charge in [-0.1, -0.05) is 48.0 Å². The Morgan fingerprint density at radius 3 is 2.69 bits per heavy atom. The second-order valence-corrected chi connectivity index (χ2v) is 10.4. The van der Waals surface area contributed by atoms with Gasteiger partial charge in [0.2, 0.25) is 5.91 Å². The minimum Gasteiger partial charge on any atom is -0.444 e. The summed E-state index contributed by atoms with van der Waals surface area (Å²) in [4.78, 5) is 26.2. The van der Waals surface area contributed by atoms with Crippen molar-refractivity contribution in [3.8, 4) is 11.1 Å². The van der Waals surface area contributed by atoms with Gasteiger partial charge in [-0.3, -0.25) is 4.79 Å². The molecule has 2 aromatic rings. The fourth-order valence-corrected chi connectivity index (χ4v) is 4.39. The van der Waals surface area contributed by atoms with E-state index in [2.05, 4.69) is 11.4 Å². The molecule has 0 bridgehead atoms. The smallest absolute Gasteiger partial charge is 0.410 e. The van der Waals surface area contributed by atoms with Crippen molar-refractivity contribution in [2.45, 2.75) is 65.5 Å². The highest BCUT2D eigenvalue weighted by Gasteiger charge is 2.27. The number of amides is 2. The number of hydrogen-bond acceptors (Lipinski definition) is 3. The number of nitrogens with one attached hydrogen (secondary N) is 1. The van der Waals surface area contributed by atoms with E-state index in [1.807, 2.05) is 58.0 Å². The number of nitrogens with zero attached hydrogens (tertiary/aromatic N) is 1. The summed E-state index contributed by atoms with van der Waals surface area (Å²) in [6.45, 7) is 10.4. The van der Waals surface area contributed by atoms with Gasteiger partial charge >= 0.3 is 6.09 Å². The number of aryl methyl sites for hydroxylation is 1. The molecule has 0 spiro atoms. The maximum Gasteiger partial charge on any atom is 0.410 e. The standard InChI is InChI=1S/C29H37FN2O3/c1-20-9-6-12-23(17-20)25-18-24(14-15-26(25)30)27(31-21(2)33)13-7-10-22-11-8-16-32(19-22)28(34)35-29(3,4)5/h6-7,9,12-15,17-18,22,27H,8,10-11,16,19H2,1-5H3,(H,31,33). The van der Waals surface area contributed by atoms with Crippen LogP contribution >= 0.6 is 0 Å². The molecule has 1 N–H and O–H groups in total. The number of carbonyl (C=O) groups excluding carboxylic acids is 2. The van der Waals surface area contributed by atoms with Crippen LogP contribution in [0.15, 0.2) is 54.6 Å². The topological polar surface area (TPSA) is 58.6 Å². The summed E-state index contributed by atoms with van der Waals surface area (Å²) in [7, 11) is 0. The summed E-state index contributed by atoms with van der Waals surface area (Å²) >= 11 is 0. The fraction of sp³-hybridized carbons (Fsp3) is 0.448. The largest absolute Gasteiger partial charge is 0.444 e. The maximum absolute atomic E-state index is 14.7. The van der Waals surface area contributed by atoms with Crippen LogP contribution in [0.3, 0.4) is 0 Å². The predicted octanol–water partition coefficient (Wildman–Crippen LogP) is 6.57. The average molecular weight is 481 g/mol. The number of piperidine rings is 1. The molecule has 0 aromatic heterocycles. The normalized spacial score (nSPS) is 17.3. The molecule has 6 heteroatoms. The molecule has 2 unspecified atom stereocenters. The van der Waals surface area contributed by atoms with E-state index in [4.69, 9.17) is 4.74 Å². The lowest BCUT2D eigenvalue weighted by Gasteiger charge is -2.33. The third-order valence-corrected chi connectivity index (χ3v) is 6.01. The van der Waals surface area contributed by atoms with Gasteiger partial charge in [0.15, 0.2) is 0 Å². The van der Waals surface area contributed by atoms with Crippen molar-refractivity contribution in [1.29, 1.82) is 0 Å². The van der Waals surface area contributed by atoms with Gasteiger partial charge < -0.3 is 15.0 Å². The van der Waals surface area contributed by atoms with Gasteiger partial charge in [0.05, 0.1) is 6.04 Å². The van der Waals surface area contributed by atoms with E-state index in [1.54, 1.807) is 17.0 Å². The van der Waals surface area contributed by atoms with Crippen LogP contribution in [0.5, 0.6) is 0 Å². The molecule has 5 nitrogen and oxygen atoms in total. The molecule has 1 saturated heterocycles. The molecule has 35 heavy (non-hydrogen) atoms. The lowest BCUT2D eigenvalue weighted by Crippen LogP contribution is -2.42. The summed E-state index contributed by atoms with van der Waals surface area (Å²) < 4.78 is 20.2. The van der Waals surface area contributed by atoms with E-state index in [-0.39, 0.29) is 23.9 Å². The van der Waals surface area contributed by atoms with E-state index >= 15 is 0 Å². The van der Waals surface area contributed by atoms with Crippen LogP contribution in [-0.4, -0.2) is 35.6 Å². The Morgan fingerprint density at radius 1 is 1.23 bits per heavy atom. The molecule has 1 aliphatic rings. The van der Waals surface area contributed by atoms with Gasteiger partial charge in [-0.15, -0.1) is 0 Å². The molecule has 0 radical (unpaired) electrons. The van der Waals surface area contributed by atoms with Crippen molar-refractivity contribution in [2.24, 2.45) is 5.92 Å². The Balaban J connectivity index is 1.73. The van der Waals surface area contributed by atoms with Crippen molar-refractivity contribution >= 4 is 12.0 Å². The zero-order valence-electron chi connectivity index (χ0n) is 21.4. The SMILES string of the molecule is CC(=O)NC(C=CCC1CCCN(C(=O)OC(C)(C)C)C1)c1ccc(F)c(-c2cccc(C)c2)c1. The van der Waals surface area contributed by atoms with Gasteiger partial charge in [0, 0.05) is 25.6 Å². The fourth-order valence-electron chi connectivity index (χ4n) is 4.39. The first-order valence-corrected chi connectivity index (χ1v) is 12.3. The van der Waals surface area contributed by atoms with Crippen LogP contribution in [0.4, 0.5) is 9.18 Å². The third kappa shape index (κ3) is 7.94. The lowest BCUT2D eigenvalue weighted by atomic mass is 9.93. The summed E-state index contributed by atoms with van der Waals surface area (Å²) in [6.07, 6.45) is 6.49. The number of halogens is 1. The zero-order chi connectivity index (χ0) is 25.6. The van der Waals surface area contributed by atoms with Gasteiger partial charge in [0.1, 0.15) is 11.4 Å². The molecule has 0 aliphatic carbocycles. The second-order valence-electron chi connectivity index (χ2n) is 10.4. The van der Waals surface area contributed by atoms with Crippen molar-refractivity contribution in [3.63, 3.8) is 0 Å². The first-order valence-electron chi connectivity index (χ1n) is 12.3. The molecule has 2 amide bonds. The minimum absolute atomic E-state index is 0.158. The Bertz CT molecular complexity index is 1070. The van der Waals surface area contributed by atoms with Crippen LogP contribution < -0.4 is 5.32 Å². The highest BCUT2D eigenvalue weighted by molar-refractivity contribution is 5.74. The Morgan fingerprint density at radius 2 is 2.00 bits per heavy atom. The zero-order valence-corrected chi connectivity index (χ0v) is 21.4. The van der Waals surface area contributed by atoms with Crippen molar-refractivity contribution in [1.82, 2.24) is 10.2 Å². The molecule has 3 rings (SSSR count).